The number of terminal acetylenes is 1. The second-order valence-electron chi connectivity index (χ2n) is 3.38. The first-order chi connectivity index (χ1) is 8.33. The largest absolute Gasteiger partial charge is 0.353 e. The van der Waals surface area contributed by atoms with Crippen molar-refractivity contribution < 1.29 is 0 Å². The van der Waals surface area contributed by atoms with Gasteiger partial charge in [0.25, 0.3) is 0 Å². The molecule has 0 aliphatic carbocycles. The number of pyridine rings is 1. The van der Waals surface area contributed by atoms with Crippen LogP contribution in [0.5, 0.6) is 0 Å². The fraction of sp³-hybridized carbons (Fsp3) is 0. The van der Waals surface area contributed by atoms with E-state index in [2.05, 4.69) is 22.3 Å². The molecular weight excluding hydrogens is 210 g/mol. The lowest BCUT2D eigenvalue weighted by Gasteiger charge is -2.07. The van der Waals surface area contributed by atoms with Crippen molar-refractivity contribution in [2.75, 3.05) is 5.32 Å². The molecule has 1 heterocycles. The van der Waals surface area contributed by atoms with Crippen molar-refractivity contribution in [3.8, 4) is 18.4 Å². The van der Waals surface area contributed by atoms with Gasteiger partial charge in [0, 0.05) is 17.4 Å². The van der Waals surface area contributed by atoms with Crippen LogP contribution in [-0.2, 0) is 0 Å². The maximum Gasteiger partial charge on any atom is 0.101 e. The van der Waals surface area contributed by atoms with E-state index in [0.29, 0.717) is 11.3 Å². The van der Waals surface area contributed by atoms with E-state index in [1.165, 1.54) is 0 Å². The molecule has 0 saturated heterocycles. The van der Waals surface area contributed by atoms with Crippen LogP contribution in [0.2, 0.25) is 0 Å². The number of nitrogens with zero attached hydrogens (tertiary/aromatic N) is 2. The van der Waals surface area contributed by atoms with Crippen molar-refractivity contribution in [2.24, 2.45) is 0 Å². The summed E-state index contributed by atoms with van der Waals surface area (Å²) in [7, 11) is 0. The highest BCUT2D eigenvalue weighted by Gasteiger charge is 2.01. The summed E-state index contributed by atoms with van der Waals surface area (Å²) in [5.41, 5.74) is 2.85. The van der Waals surface area contributed by atoms with Crippen molar-refractivity contribution in [1.82, 2.24) is 4.98 Å². The molecule has 0 aliphatic heterocycles. The van der Waals surface area contributed by atoms with E-state index in [-0.39, 0.29) is 0 Å². The first kappa shape index (κ1) is 10.7. The summed E-state index contributed by atoms with van der Waals surface area (Å²) in [4.78, 5) is 3.98. The third kappa shape index (κ3) is 2.42. The number of hydrogen-bond acceptors (Lipinski definition) is 3. The maximum atomic E-state index is 8.95. The van der Waals surface area contributed by atoms with Gasteiger partial charge in [0.05, 0.1) is 17.4 Å². The molecule has 0 bridgehead atoms. The van der Waals surface area contributed by atoms with Gasteiger partial charge in [0.1, 0.15) is 6.07 Å². The lowest BCUT2D eigenvalue weighted by atomic mass is 10.2. The Morgan fingerprint density at radius 2 is 2.18 bits per heavy atom. The molecule has 2 rings (SSSR count). The second-order valence-corrected chi connectivity index (χ2v) is 3.38. The van der Waals surface area contributed by atoms with Crippen molar-refractivity contribution in [3.63, 3.8) is 0 Å². The monoisotopic (exact) mass is 219 g/mol. The summed E-state index contributed by atoms with van der Waals surface area (Å²) in [5, 5.41) is 12.1. The van der Waals surface area contributed by atoms with Gasteiger partial charge >= 0.3 is 0 Å². The van der Waals surface area contributed by atoms with Crippen LogP contribution in [-0.4, -0.2) is 4.98 Å². The lowest BCUT2D eigenvalue weighted by Crippen LogP contribution is -1.94. The molecular formula is C14H9N3. The molecule has 3 heteroatoms. The van der Waals surface area contributed by atoms with Crippen LogP contribution in [0.1, 0.15) is 11.1 Å². The molecule has 2 aromatic rings. The van der Waals surface area contributed by atoms with E-state index in [1.54, 1.807) is 18.5 Å². The zero-order valence-corrected chi connectivity index (χ0v) is 9.01. The minimum atomic E-state index is 0.547. The molecule has 80 valence electrons. The number of anilines is 2. The van der Waals surface area contributed by atoms with Crippen LogP contribution >= 0.6 is 0 Å². The van der Waals surface area contributed by atoms with Gasteiger partial charge < -0.3 is 5.32 Å². The predicted molar refractivity (Wildman–Crippen MR) is 66.6 cm³/mol. The first-order valence-corrected chi connectivity index (χ1v) is 5.01. The van der Waals surface area contributed by atoms with Gasteiger partial charge in [-0.1, -0.05) is 12.0 Å². The summed E-state index contributed by atoms with van der Waals surface area (Å²) >= 11 is 0. The first-order valence-electron chi connectivity index (χ1n) is 5.01. The van der Waals surface area contributed by atoms with E-state index in [0.717, 1.165) is 11.3 Å². The molecule has 0 spiro atoms. The summed E-state index contributed by atoms with van der Waals surface area (Å²) in [6.07, 6.45) is 8.52. The average Bonchev–Trinajstić information content (AvgIpc) is 2.39. The normalized spacial score (nSPS) is 9.06. The average molecular weight is 219 g/mol. The molecule has 3 nitrogen and oxygen atoms in total. The molecule has 0 aliphatic rings. The Balaban J connectivity index is 2.32. The lowest BCUT2D eigenvalue weighted by molar-refractivity contribution is 1.30. The fourth-order valence-corrected chi connectivity index (χ4v) is 1.43. The second kappa shape index (κ2) is 4.83. The molecule has 0 amide bonds. The Morgan fingerprint density at radius 1 is 1.29 bits per heavy atom. The molecule has 1 aromatic carbocycles. The van der Waals surface area contributed by atoms with Gasteiger partial charge in [-0.05, 0) is 24.3 Å². The topological polar surface area (TPSA) is 48.7 Å². The van der Waals surface area contributed by atoms with Gasteiger partial charge in [-0.15, -0.1) is 6.42 Å². The van der Waals surface area contributed by atoms with E-state index in [9.17, 15) is 0 Å². The van der Waals surface area contributed by atoms with Crippen LogP contribution in [0.3, 0.4) is 0 Å². The number of nitriles is 1. The number of rotatable bonds is 2. The molecule has 1 aromatic heterocycles. The molecule has 17 heavy (non-hydrogen) atoms. The molecule has 0 radical (unpaired) electrons. The number of benzene rings is 1. The van der Waals surface area contributed by atoms with Crippen LogP contribution in [0.4, 0.5) is 11.4 Å². The Bertz CT molecular complexity index is 618. The van der Waals surface area contributed by atoms with E-state index < -0.39 is 0 Å². The van der Waals surface area contributed by atoms with E-state index >= 15 is 0 Å². The quantitative estimate of drug-likeness (QED) is 0.790. The summed E-state index contributed by atoms with van der Waals surface area (Å²) in [6.45, 7) is 0. The zero-order valence-electron chi connectivity index (χ0n) is 9.01. The van der Waals surface area contributed by atoms with Crippen LogP contribution in [0.15, 0.2) is 42.7 Å². The SMILES string of the molecule is C#Cc1cccc(Nc2cnccc2C#N)c1. The predicted octanol–water partition coefficient (Wildman–Crippen LogP) is 2.68. The van der Waals surface area contributed by atoms with Crippen LogP contribution < -0.4 is 5.32 Å². The smallest absolute Gasteiger partial charge is 0.101 e. The van der Waals surface area contributed by atoms with Gasteiger partial charge in [0.2, 0.25) is 0 Å². The van der Waals surface area contributed by atoms with Crippen LogP contribution in [0.25, 0.3) is 0 Å². The third-order valence-electron chi connectivity index (χ3n) is 2.25. The Labute approximate surface area is 99.7 Å². The summed E-state index contributed by atoms with van der Waals surface area (Å²) in [6, 6.07) is 11.2. The summed E-state index contributed by atoms with van der Waals surface area (Å²) in [5.74, 6) is 2.56. The van der Waals surface area contributed by atoms with Crippen molar-refractivity contribution in [2.45, 2.75) is 0 Å². The molecule has 0 fully saturated rings. The standard InChI is InChI=1S/C14H9N3/c1-2-11-4-3-5-13(8-11)17-14-10-16-7-6-12(14)9-15/h1,3-8,10,17H. The minimum absolute atomic E-state index is 0.547. The molecule has 0 unspecified atom stereocenters. The molecule has 1 N–H and O–H groups in total. The zero-order chi connectivity index (χ0) is 12.1. The van der Waals surface area contributed by atoms with Crippen molar-refractivity contribution in [1.29, 1.82) is 5.26 Å². The highest BCUT2D eigenvalue weighted by atomic mass is 14.9. The van der Waals surface area contributed by atoms with Gasteiger partial charge in [-0.2, -0.15) is 5.26 Å². The van der Waals surface area contributed by atoms with Crippen molar-refractivity contribution >= 4 is 11.4 Å². The summed E-state index contributed by atoms with van der Waals surface area (Å²) < 4.78 is 0. The van der Waals surface area contributed by atoms with E-state index in [4.69, 9.17) is 11.7 Å². The highest BCUT2D eigenvalue weighted by Crippen LogP contribution is 2.19. The van der Waals surface area contributed by atoms with Gasteiger partial charge in [-0.25, -0.2) is 0 Å². The highest BCUT2D eigenvalue weighted by molar-refractivity contribution is 5.66. The Hall–Kier alpha value is -2.78. The van der Waals surface area contributed by atoms with Gasteiger partial charge in [-0.3, -0.25) is 4.98 Å². The number of aromatic nitrogens is 1. The Morgan fingerprint density at radius 3 is 2.94 bits per heavy atom. The van der Waals surface area contributed by atoms with Crippen molar-refractivity contribution in [3.05, 3.63) is 53.9 Å². The maximum absolute atomic E-state index is 8.95. The minimum Gasteiger partial charge on any atom is -0.353 e. The number of hydrogen-bond donors (Lipinski definition) is 1. The third-order valence-corrected chi connectivity index (χ3v) is 2.25. The number of nitrogens with one attached hydrogen (secondary N) is 1. The fourth-order valence-electron chi connectivity index (χ4n) is 1.43. The Kier molecular flexibility index (Phi) is 3.05. The molecule has 0 atom stereocenters. The van der Waals surface area contributed by atoms with Gasteiger partial charge in [0.15, 0.2) is 0 Å². The molecule has 0 saturated carbocycles. The van der Waals surface area contributed by atoms with Crippen LogP contribution in [0, 0.1) is 23.7 Å². The van der Waals surface area contributed by atoms with E-state index in [1.807, 2.05) is 24.3 Å².